The first-order valence-corrected chi connectivity index (χ1v) is 5.37. The van der Waals surface area contributed by atoms with Crippen LogP contribution in [-0.4, -0.2) is 16.6 Å². The maximum absolute atomic E-state index is 5.95. The average Bonchev–Trinajstić information content (AvgIpc) is 2.70. The zero-order chi connectivity index (χ0) is 11.8. The van der Waals surface area contributed by atoms with Crippen LogP contribution in [0.5, 0.6) is 5.75 Å². The summed E-state index contributed by atoms with van der Waals surface area (Å²) in [5.74, 6) is 1.53. The smallest absolute Gasteiger partial charge is 0.189 e. The summed E-state index contributed by atoms with van der Waals surface area (Å²) < 4.78 is 12.3. The zero-order valence-corrected chi connectivity index (χ0v) is 9.51. The first-order chi connectivity index (χ1) is 8.25. The van der Waals surface area contributed by atoms with Crippen molar-refractivity contribution in [2.45, 2.75) is 6.61 Å². The summed E-state index contributed by atoms with van der Waals surface area (Å²) in [6.07, 6.45) is 1.77. The van der Waals surface area contributed by atoms with Crippen molar-refractivity contribution in [1.29, 1.82) is 0 Å². The van der Waals surface area contributed by atoms with E-state index in [0.717, 1.165) is 22.4 Å². The molecule has 0 saturated carbocycles. The highest BCUT2D eigenvalue weighted by molar-refractivity contribution is 5.74. The van der Waals surface area contributed by atoms with Gasteiger partial charge in [0, 0.05) is 18.2 Å². The second-order valence-corrected chi connectivity index (χ2v) is 4.00. The molecule has 0 fully saturated rings. The molecule has 2 N–H and O–H groups in total. The van der Waals surface area contributed by atoms with E-state index in [-0.39, 0.29) is 0 Å². The van der Waals surface area contributed by atoms with Gasteiger partial charge >= 0.3 is 0 Å². The Labute approximate surface area is 98.8 Å². The summed E-state index contributed by atoms with van der Waals surface area (Å²) in [6, 6.07) is 5.96. The predicted octanol–water partition coefficient (Wildman–Crippen LogP) is 1.54. The molecule has 0 bridgehead atoms. The molecule has 1 aromatic heterocycles. The Morgan fingerprint density at radius 2 is 2.29 bits per heavy atom. The highest BCUT2D eigenvalue weighted by atomic mass is 16.7. The molecule has 3 rings (SSSR count). The van der Waals surface area contributed by atoms with Gasteiger partial charge in [0.15, 0.2) is 6.79 Å². The number of aryl methyl sites for hydroxylation is 1. The van der Waals surface area contributed by atoms with Crippen molar-refractivity contribution in [3.05, 3.63) is 30.0 Å². The molecule has 1 aliphatic heterocycles. The number of fused-ring (bicyclic) bond motifs is 1. The monoisotopic (exact) mass is 231 g/mol. The van der Waals surface area contributed by atoms with E-state index in [4.69, 9.17) is 15.2 Å². The average molecular weight is 231 g/mol. The molecule has 2 aromatic rings. The van der Waals surface area contributed by atoms with Crippen LogP contribution in [0.15, 0.2) is 24.4 Å². The molecule has 0 unspecified atom stereocenters. The molecule has 5 heteroatoms. The topological polar surface area (TPSA) is 62.3 Å². The van der Waals surface area contributed by atoms with Crippen molar-refractivity contribution in [1.82, 2.24) is 9.78 Å². The van der Waals surface area contributed by atoms with E-state index in [2.05, 4.69) is 5.10 Å². The number of nitrogens with two attached hydrogens (primary N) is 1. The number of benzene rings is 1. The van der Waals surface area contributed by atoms with Crippen LogP contribution < -0.4 is 10.5 Å². The van der Waals surface area contributed by atoms with E-state index in [1.165, 1.54) is 0 Å². The molecule has 0 spiro atoms. The number of hydrogen-bond donors (Lipinski definition) is 1. The maximum Gasteiger partial charge on any atom is 0.189 e. The van der Waals surface area contributed by atoms with Crippen molar-refractivity contribution in [3.8, 4) is 16.9 Å². The summed E-state index contributed by atoms with van der Waals surface area (Å²) >= 11 is 0. The molecule has 17 heavy (non-hydrogen) atoms. The third-order valence-corrected chi connectivity index (χ3v) is 2.91. The van der Waals surface area contributed by atoms with Crippen molar-refractivity contribution < 1.29 is 9.47 Å². The van der Waals surface area contributed by atoms with Gasteiger partial charge in [-0.2, -0.15) is 5.10 Å². The van der Waals surface area contributed by atoms with Gasteiger partial charge in [-0.1, -0.05) is 6.07 Å². The lowest BCUT2D eigenvalue weighted by molar-refractivity contribution is -0.0163. The summed E-state index contributed by atoms with van der Waals surface area (Å²) in [6.45, 7) is 0.894. The largest absolute Gasteiger partial charge is 0.467 e. The van der Waals surface area contributed by atoms with Crippen molar-refractivity contribution in [2.24, 2.45) is 7.05 Å². The van der Waals surface area contributed by atoms with Gasteiger partial charge in [-0.3, -0.25) is 4.68 Å². The predicted molar refractivity (Wildman–Crippen MR) is 63.3 cm³/mol. The van der Waals surface area contributed by atoms with Crippen LogP contribution in [0, 0.1) is 0 Å². The summed E-state index contributed by atoms with van der Waals surface area (Å²) in [7, 11) is 1.82. The number of nitrogens with zero attached hydrogens (tertiary/aromatic N) is 2. The minimum absolute atomic E-state index is 0.321. The number of ether oxygens (including phenoxy) is 2. The standard InChI is InChI=1S/C12H13N3O2/c1-15-12(13)10(5-14-15)8-2-3-11-9(4-8)6-16-7-17-11/h2-5H,6-7,13H2,1H3. The molecule has 2 heterocycles. The Morgan fingerprint density at radius 1 is 1.41 bits per heavy atom. The first-order valence-electron chi connectivity index (χ1n) is 5.37. The van der Waals surface area contributed by atoms with Gasteiger partial charge in [0.2, 0.25) is 0 Å². The number of rotatable bonds is 1. The van der Waals surface area contributed by atoms with E-state index in [1.54, 1.807) is 10.9 Å². The third-order valence-electron chi connectivity index (χ3n) is 2.91. The molecule has 1 aromatic carbocycles. The molecule has 0 atom stereocenters. The molecular formula is C12H13N3O2. The molecule has 0 amide bonds. The molecule has 1 aliphatic rings. The van der Waals surface area contributed by atoms with Crippen LogP contribution in [-0.2, 0) is 18.4 Å². The Hall–Kier alpha value is -2.01. The summed E-state index contributed by atoms with van der Waals surface area (Å²) in [4.78, 5) is 0. The Kier molecular flexibility index (Phi) is 2.26. The second kappa shape index (κ2) is 3.78. The molecule has 0 radical (unpaired) electrons. The van der Waals surface area contributed by atoms with Crippen molar-refractivity contribution in [3.63, 3.8) is 0 Å². The van der Waals surface area contributed by atoms with Gasteiger partial charge in [-0.15, -0.1) is 0 Å². The van der Waals surface area contributed by atoms with Gasteiger partial charge in [0.25, 0.3) is 0 Å². The van der Waals surface area contributed by atoms with Crippen LogP contribution in [0.2, 0.25) is 0 Å². The fraction of sp³-hybridized carbons (Fsp3) is 0.250. The first kappa shape index (κ1) is 10.2. The normalized spacial score (nSPS) is 14.2. The SMILES string of the molecule is Cn1ncc(-c2ccc3c(c2)COCO3)c1N. The number of nitrogen functional groups attached to an aromatic ring is 1. The summed E-state index contributed by atoms with van der Waals surface area (Å²) in [5.41, 5.74) is 8.95. The van der Waals surface area contributed by atoms with Crippen LogP contribution in [0.4, 0.5) is 5.82 Å². The lowest BCUT2D eigenvalue weighted by Crippen LogP contribution is -2.11. The van der Waals surface area contributed by atoms with Gasteiger partial charge in [0.1, 0.15) is 11.6 Å². The zero-order valence-electron chi connectivity index (χ0n) is 9.51. The third kappa shape index (κ3) is 1.64. The van der Waals surface area contributed by atoms with Gasteiger partial charge in [-0.25, -0.2) is 0 Å². The fourth-order valence-corrected chi connectivity index (χ4v) is 1.93. The van der Waals surface area contributed by atoms with Crippen LogP contribution in [0.3, 0.4) is 0 Å². The highest BCUT2D eigenvalue weighted by Crippen LogP contribution is 2.31. The Bertz CT molecular complexity index is 563. The minimum atomic E-state index is 0.321. The quantitative estimate of drug-likeness (QED) is 0.808. The lowest BCUT2D eigenvalue weighted by atomic mass is 10.0. The van der Waals surface area contributed by atoms with E-state index < -0.39 is 0 Å². The fourth-order valence-electron chi connectivity index (χ4n) is 1.93. The maximum atomic E-state index is 5.95. The molecule has 5 nitrogen and oxygen atoms in total. The van der Waals surface area contributed by atoms with Gasteiger partial charge < -0.3 is 15.2 Å². The van der Waals surface area contributed by atoms with Crippen LogP contribution in [0.1, 0.15) is 5.56 Å². The van der Waals surface area contributed by atoms with E-state index in [9.17, 15) is 0 Å². The van der Waals surface area contributed by atoms with Gasteiger partial charge in [-0.05, 0) is 17.7 Å². The molecule has 0 aliphatic carbocycles. The van der Waals surface area contributed by atoms with Crippen LogP contribution in [0.25, 0.3) is 11.1 Å². The van der Waals surface area contributed by atoms with E-state index in [1.807, 2.05) is 25.2 Å². The number of aromatic nitrogens is 2. The molecule has 88 valence electrons. The van der Waals surface area contributed by atoms with Crippen molar-refractivity contribution in [2.75, 3.05) is 12.5 Å². The van der Waals surface area contributed by atoms with Crippen molar-refractivity contribution >= 4 is 5.82 Å². The Balaban J connectivity index is 2.07. The molecular weight excluding hydrogens is 218 g/mol. The minimum Gasteiger partial charge on any atom is -0.467 e. The number of anilines is 1. The summed E-state index contributed by atoms with van der Waals surface area (Å²) in [5, 5.41) is 4.13. The Morgan fingerprint density at radius 3 is 3.06 bits per heavy atom. The second-order valence-electron chi connectivity index (χ2n) is 4.00. The van der Waals surface area contributed by atoms with Crippen LogP contribution >= 0.6 is 0 Å². The van der Waals surface area contributed by atoms with E-state index in [0.29, 0.717) is 19.2 Å². The van der Waals surface area contributed by atoms with Gasteiger partial charge in [0.05, 0.1) is 12.8 Å². The highest BCUT2D eigenvalue weighted by Gasteiger charge is 2.13. The number of hydrogen-bond acceptors (Lipinski definition) is 4. The molecule has 0 saturated heterocycles. The lowest BCUT2D eigenvalue weighted by Gasteiger charge is -2.18. The van der Waals surface area contributed by atoms with E-state index >= 15 is 0 Å².